The van der Waals surface area contributed by atoms with Crippen molar-refractivity contribution in [3.63, 3.8) is 0 Å². The highest BCUT2D eigenvalue weighted by molar-refractivity contribution is 7.99. The van der Waals surface area contributed by atoms with Gasteiger partial charge >= 0.3 is 0 Å². The molecular formula is C20H22N2O3S. The fourth-order valence-corrected chi connectivity index (χ4v) is 2.92. The minimum Gasteiger partial charge on any atom is -0.493 e. The number of benzene rings is 2. The molecule has 1 amide bonds. The maximum absolute atomic E-state index is 11.8. The monoisotopic (exact) mass is 370 g/mol. The first-order valence-corrected chi connectivity index (χ1v) is 9.13. The molecule has 2 rings (SSSR count). The van der Waals surface area contributed by atoms with E-state index in [9.17, 15) is 4.79 Å². The van der Waals surface area contributed by atoms with Gasteiger partial charge in [0.05, 0.1) is 13.3 Å². The molecule has 0 unspecified atom stereocenters. The summed E-state index contributed by atoms with van der Waals surface area (Å²) in [5.74, 6) is 1.81. The number of ether oxygens (including phenoxy) is 2. The van der Waals surface area contributed by atoms with Crippen LogP contribution in [0.25, 0.3) is 0 Å². The van der Waals surface area contributed by atoms with Gasteiger partial charge in [-0.05, 0) is 35.9 Å². The number of hydrazone groups is 1. The molecule has 26 heavy (non-hydrogen) atoms. The number of carbonyl (C=O) groups excluding carboxylic acids is 1. The van der Waals surface area contributed by atoms with Crippen LogP contribution in [0.15, 0.2) is 71.2 Å². The van der Waals surface area contributed by atoms with Crippen LogP contribution in [-0.4, -0.2) is 31.6 Å². The summed E-state index contributed by atoms with van der Waals surface area (Å²) in [5, 5.41) is 3.99. The Morgan fingerprint density at radius 3 is 2.77 bits per heavy atom. The smallest absolute Gasteiger partial charge is 0.240 e. The molecule has 0 aliphatic rings. The lowest BCUT2D eigenvalue weighted by molar-refractivity contribution is -0.120. The van der Waals surface area contributed by atoms with Crippen molar-refractivity contribution in [3.8, 4) is 11.5 Å². The van der Waals surface area contributed by atoms with Gasteiger partial charge in [-0.25, -0.2) is 5.43 Å². The van der Waals surface area contributed by atoms with Crippen molar-refractivity contribution in [3.05, 3.63) is 66.7 Å². The van der Waals surface area contributed by atoms with Crippen molar-refractivity contribution < 1.29 is 14.3 Å². The van der Waals surface area contributed by atoms with Crippen molar-refractivity contribution in [2.45, 2.75) is 11.3 Å². The number of amides is 1. The summed E-state index contributed by atoms with van der Waals surface area (Å²) in [4.78, 5) is 13.0. The topological polar surface area (TPSA) is 59.9 Å². The van der Waals surface area contributed by atoms with Gasteiger partial charge in [0, 0.05) is 17.1 Å². The van der Waals surface area contributed by atoms with E-state index in [4.69, 9.17) is 9.47 Å². The molecule has 0 bridgehead atoms. The first-order valence-electron chi connectivity index (χ1n) is 8.14. The minimum absolute atomic E-state index is 0.123. The van der Waals surface area contributed by atoms with E-state index < -0.39 is 0 Å². The maximum Gasteiger partial charge on any atom is 0.240 e. The third-order valence-corrected chi connectivity index (χ3v) is 4.30. The van der Waals surface area contributed by atoms with Crippen LogP contribution < -0.4 is 14.9 Å². The lowest BCUT2D eigenvalue weighted by atomic mass is 10.2. The van der Waals surface area contributed by atoms with Crippen molar-refractivity contribution in [1.82, 2.24) is 5.43 Å². The lowest BCUT2D eigenvalue weighted by Crippen LogP contribution is -2.17. The Hall–Kier alpha value is -2.73. The number of carbonyl (C=O) groups is 1. The van der Waals surface area contributed by atoms with Crippen LogP contribution in [0.4, 0.5) is 0 Å². The Morgan fingerprint density at radius 2 is 2.04 bits per heavy atom. The van der Waals surface area contributed by atoms with Gasteiger partial charge in [-0.15, -0.1) is 11.8 Å². The van der Waals surface area contributed by atoms with E-state index in [1.807, 2.05) is 36.4 Å². The van der Waals surface area contributed by atoms with E-state index in [1.165, 1.54) is 0 Å². The second-order valence-corrected chi connectivity index (χ2v) is 6.38. The number of rotatable bonds is 10. The second-order valence-electron chi connectivity index (χ2n) is 5.21. The lowest BCUT2D eigenvalue weighted by Gasteiger charge is -2.09. The Morgan fingerprint density at radius 1 is 1.23 bits per heavy atom. The van der Waals surface area contributed by atoms with Gasteiger partial charge in [0.25, 0.3) is 0 Å². The standard InChI is InChI=1S/C20H22N2O3S/c1-3-12-25-18-10-9-16(14-19(18)24-2)15-21-22-20(23)11-13-26-17-7-5-4-6-8-17/h3-10,14-15H,1,11-13H2,2H3,(H,22,23)/b21-15-. The van der Waals surface area contributed by atoms with Gasteiger partial charge in [0.15, 0.2) is 11.5 Å². The summed E-state index contributed by atoms with van der Waals surface area (Å²) in [6, 6.07) is 15.4. The highest BCUT2D eigenvalue weighted by atomic mass is 32.2. The molecule has 0 atom stereocenters. The Kier molecular flexibility index (Phi) is 8.29. The zero-order valence-corrected chi connectivity index (χ0v) is 15.5. The summed E-state index contributed by atoms with van der Waals surface area (Å²) in [7, 11) is 1.57. The zero-order valence-electron chi connectivity index (χ0n) is 14.7. The number of nitrogens with one attached hydrogen (secondary N) is 1. The van der Waals surface area contributed by atoms with E-state index >= 15 is 0 Å². The number of methoxy groups -OCH3 is 1. The van der Waals surface area contributed by atoms with Crippen molar-refractivity contribution >= 4 is 23.9 Å². The van der Waals surface area contributed by atoms with Crippen molar-refractivity contribution in [2.24, 2.45) is 5.10 Å². The van der Waals surface area contributed by atoms with Gasteiger partial charge in [0.2, 0.25) is 5.91 Å². The molecule has 2 aromatic rings. The quantitative estimate of drug-likeness (QED) is 0.298. The summed E-state index contributed by atoms with van der Waals surface area (Å²) in [6.45, 7) is 4.02. The Labute approximate surface area is 158 Å². The van der Waals surface area contributed by atoms with Gasteiger partial charge < -0.3 is 9.47 Å². The second kappa shape index (κ2) is 11.0. The van der Waals surface area contributed by atoms with Crippen LogP contribution in [0.3, 0.4) is 0 Å². The molecule has 0 aromatic heterocycles. The molecule has 0 aliphatic heterocycles. The maximum atomic E-state index is 11.8. The molecule has 0 fully saturated rings. The summed E-state index contributed by atoms with van der Waals surface area (Å²) in [6.07, 6.45) is 3.64. The SMILES string of the molecule is C=CCOc1ccc(/C=N\NC(=O)CCSc2ccccc2)cc1OC. The molecule has 5 nitrogen and oxygen atoms in total. The average Bonchev–Trinajstić information content (AvgIpc) is 2.67. The molecule has 6 heteroatoms. The fourth-order valence-electron chi connectivity index (χ4n) is 2.05. The van der Waals surface area contributed by atoms with E-state index in [-0.39, 0.29) is 5.91 Å². The summed E-state index contributed by atoms with van der Waals surface area (Å²) in [5.41, 5.74) is 3.33. The number of hydrogen-bond donors (Lipinski definition) is 1. The average molecular weight is 370 g/mol. The molecular weight excluding hydrogens is 348 g/mol. The molecule has 0 saturated heterocycles. The predicted molar refractivity (Wildman–Crippen MR) is 106 cm³/mol. The summed E-state index contributed by atoms with van der Waals surface area (Å²) < 4.78 is 10.8. The highest BCUT2D eigenvalue weighted by Gasteiger charge is 2.05. The van der Waals surface area contributed by atoms with Gasteiger partial charge in [-0.2, -0.15) is 5.10 Å². The van der Waals surface area contributed by atoms with Gasteiger partial charge in [-0.1, -0.05) is 30.9 Å². The molecule has 0 spiro atoms. The largest absolute Gasteiger partial charge is 0.493 e. The highest BCUT2D eigenvalue weighted by Crippen LogP contribution is 2.27. The number of hydrogen-bond acceptors (Lipinski definition) is 5. The van der Waals surface area contributed by atoms with E-state index in [0.29, 0.717) is 30.3 Å². The molecule has 1 N–H and O–H groups in total. The summed E-state index contributed by atoms with van der Waals surface area (Å²) >= 11 is 1.64. The van der Waals surface area contributed by atoms with E-state index in [0.717, 1.165) is 10.5 Å². The van der Waals surface area contributed by atoms with Crippen LogP contribution in [0, 0.1) is 0 Å². The van der Waals surface area contributed by atoms with Crippen LogP contribution in [0.2, 0.25) is 0 Å². The molecule has 136 valence electrons. The molecule has 0 aliphatic carbocycles. The molecule has 0 radical (unpaired) electrons. The van der Waals surface area contributed by atoms with Crippen LogP contribution in [-0.2, 0) is 4.79 Å². The van der Waals surface area contributed by atoms with Crippen molar-refractivity contribution in [2.75, 3.05) is 19.5 Å². The Bertz CT molecular complexity index is 748. The molecule has 0 heterocycles. The third kappa shape index (κ3) is 6.64. The normalized spacial score (nSPS) is 10.5. The third-order valence-electron chi connectivity index (χ3n) is 3.29. The molecule has 0 saturated carbocycles. The number of thioether (sulfide) groups is 1. The fraction of sp³-hybridized carbons (Fsp3) is 0.200. The predicted octanol–water partition coefficient (Wildman–Crippen LogP) is 3.89. The van der Waals surface area contributed by atoms with Crippen LogP contribution >= 0.6 is 11.8 Å². The van der Waals surface area contributed by atoms with Gasteiger partial charge in [0.1, 0.15) is 6.61 Å². The van der Waals surface area contributed by atoms with Crippen LogP contribution in [0.1, 0.15) is 12.0 Å². The Balaban J connectivity index is 1.79. The van der Waals surface area contributed by atoms with Crippen LogP contribution in [0.5, 0.6) is 11.5 Å². The first kappa shape index (κ1) is 19.6. The zero-order chi connectivity index (χ0) is 18.6. The number of nitrogens with zero attached hydrogens (tertiary/aromatic N) is 1. The molecule has 2 aromatic carbocycles. The first-order chi connectivity index (χ1) is 12.7. The van der Waals surface area contributed by atoms with E-state index in [2.05, 4.69) is 17.1 Å². The van der Waals surface area contributed by atoms with Gasteiger partial charge in [-0.3, -0.25) is 4.79 Å². The minimum atomic E-state index is -0.123. The van der Waals surface area contributed by atoms with Crippen molar-refractivity contribution in [1.29, 1.82) is 0 Å². The van der Waals surface area contributed by atoms with E-state index in [1.54, 1.807) is 43.3 Å².